The van der Waals surface area contributed by atoms with Gasteiger partial charge >= 0.3 is 0 Å². The maximum atomic E-state index is 5.88. The largest absolute Gasteiger partial charge is 0.494 e. The lowest BCUT2D eigenvalue weighted by Crippen LogP contribution is -1.91. The third-order valence-corrected chi connectivity index (χ3v) is 2.84. The first-order valence-electron chi connectivity index (χ1n) is 6.16. The highest BCUT2D eigenvalue weighted by Crippen LogP contribution is 2.29. The van der Waals surface area contributed by atoms with E-state index in [1.165, 1.54) is 0 Å². The van der Waals surface area contributed by atoms with Gasteiger partial charge in [-0.25, -0.2) is 4.98 Å². The summed E-state index contributed by atoms with van der Waals surface area (Å²) in [4.78, 5) is 4.44. The lowest BCUT2D eigenvalue weighted by Gasteiger charge is -2.03. The fraction of sp³-hybridized carbons (Fsp3) is 0.133. The molecule has 2 aromatic carbocycles. The topological polar surface area (TPSA) is 61.3 Å². The average Bonchev–Trinajstić information content (AvgIpc) is 2.85. The Morgan fingerprint density at radius 1 is 1.21 bits per heavy atom. The van der Waals surface area contributed by atoms with Crippen LogP contribution in [0.1, 0.15) is 6.92 Å². The first-order valence-corrected chi connectivity index (χ1v) is 6.16. The van der Waals surface area contributed by atoms with Crippen molar-refractivity contribution in [2.45, 2.75) is 6.92 Å². The molecule has 2 N–H and O–H groups in total. The Morgan fingerprint density at radius 2 is 2.05 bits per heavy atom. The third kappa shape index (κ3) is 2.12. The van der Waals surface area contributed by atoms with E-state index in [-0.39, 0.29) is 0 Å². The van der Waals surface area contributed by atoms with E-state index in [9.17, 15) is 0 Å². The van der Waals surface area contributed by atoms with Crippen molar-refractivity contribution < 1.29 is 9.15 Å². The molecule has 96 valence electrons. The molecule has 0 radical (unpaired) electrons. The monoisotopic (exact) mass is 254 g/mol. The normalized spacial score (nSPS) is 10.8. The van der Waals surface area contributed by atoms with Gasteiger partial charge in [0, 0.05) is 5.56 Å². The van der Waals surface area contributed by atoms with Gasteiger partial charge in [-0.3, -0.25) is 0 Å². The van der Waals surface area contributed by atoms with Crippen molar-refractivity contribution in [3.63, 3.8) is 0 Å². The van der Waals surface area contributed by atoms with E-state index in [2.05, 4.69) is 4.98 Å². The number of anilines is 1. The minimum absolute atomic E-state index is 0.550. The molecule has 0 bridgehead atoms. The summed E-state index contributed by atoms with van der Waals surface area (Å²) in [6.45, 7) is 2.58. The number of nitrogens with zero attached hydrogens (tertiary/aromatic N) is 1. The number of ether oxygens (including phenoxy) is 1. The number of para-hydroxylation sites is 1. The molecule has 0 aliphatic heterocycles. The second kappa shape index (κ2) is 4.65. The molecule has 0 saturated heterocycles. The molecule has 0 atom stereocenters. The van der Waals surface area contributed by atoms with Gasteiger partial charge in [0.15, 0.2) is 5.58 Å². The summed E-state index contributed by atoms with van der Waals surface area (Å²) in [5, 5.41) is 0. The fourth-order valence-corrected chi connectivity index (χ4v) is 1.98. The van der Waals surface area contributed by atoms with Crippen LogP contribution >= 0.6 is 0 Å². The summed E-state index contributed by atoms with van der Waals surface area (Å²) in [6.07, 6.45) is 0. The summed E-state index contributed by atoms with van der Waals surface area (Å²) in [5.74, 6) is 1.35. The molecule has 1 aromatic heterocycles. The Bertz CT molecular complexity index is 719. The number of hydrogen-bond acceptors (Lipinski definition) is 4. The highest BCUT2D eigenvalue weighted by Gasteiger charge is 2.10. The number of nitrogen functional groups attached to an aromatic ring is 1. The lowest BCUT2D eigenvalue weighted by molar-refractivity contribution is 0.340. The van der Waals surface area contributed by atoms with Crippen molar-refractivity contribution in [2.75, 3.05) is 12.3 Å². The molecular weight excluding hydrogens is 240 g/mol. The Labute approximate surface area is 110 Å². The second-order valence-corrected chi connectivity index (χ2v) is 4.17. The van der Waals surface area contributed by atoms with Crippen LogP contribution in [0.4, 0.5) is 5.69 Å². The maximum Gasteiger partial charge on any atom is 0.227 e. The number of fused-ring (bicyclic) bond motifs is 1. The molecule has 0 unspecified atom stereocenters. The highest BCUT2D eigenvalue weighted by molar-refractivity contribution is 5.87. The Kier molecular flexibility index (Phi) is 2.83. The van der Waals surface area contributed by atoms with E-state index in [0.29, 0.717) is 29.3 Å². The molecule has 0 fully saturated rings. The fourth-order valence-electron chi connectivity index (χ4n) is 1.98. The molecule has 4 nitrogen and oxygen atoms in total. The van der Waals surface area contributed by atoms with E-state index in [1.807, 2.05) is 49.4 Å². The minimum atomic E-state index is 0.550. The van der Waals surface area contributed by atoms with E-state index in [4.69, 9.17) is 14.9 Å². The molecule has 3 rings (SSSR count). The van der Waals surface area contributed by atoms with Gasteiger partial charge in [0.2, 0.25) is 5.89 Å². The number of aromatic nitrogens is 1. The molecule has 0 saturated carbocycles. The number of hydrogen-bond donors (Lipinski definition) is 1. The number of oxazole rings is 1. The van der Waals surface area contributed by atoms with Crippen LogP contribution in [0.2, 0.25) is 0 Å². The van der Waals surface area contributed by atoms with Gasteiger partial charge in [0.25, 0.3) is 0 Å². The lowest BCUT2D eigenvalue weighted by atomic mass is 10.2. The van der Waals surface area contributed by atoms with Crippen molar-refractivity contribution in [2.24, 2.45) is 0 Å². The SMILES string of the molecule is CCOc1cccc(-c2nc3c(N)cccc3o2)c1. The molecule has 19 heavy (non-hydrogen) atoms. The summed E-state index contributed by atoms with van der Waals surface area (Å²) in [7, 11) is 0. The summed E-state index contributed by atoms with van der Waals surface area (Å²) in [5.41, 5.74) is 8.76. The van der Waals surface area contributed by atoms with Gasteiger partial charge < -0.3 is 14.9 Å². The maximum absolute atomic E-state index is 5.88. The predicted octanol–water partition coefficient (Wildman–Crippen LogP) is 3.48. The smallest absolute Gasteiger partial charge is 0.227 e. The van der Waals surface area contributed by atoms with Gasteiger partial charge in [0.1, 0.15) is 11.3 Å². The molecule has 0 aliphatic carbocycles. The van der Waals surface area contributed by atoms with Crippen LogP contribution in [0, 0.1) is 0 Å². The molecule has 0 aliphatic rings. The first kappa shape index (κ1) is 11.6. The number of rotatable bonds is 3. The highest BCUT2D eigenvalue weighted by atomic mass is 16.5. The second-order valence-electron chi connectivity index (χ2n) is 4.17. The number of benzene rings is 2. The molecule has 1 heterocycles. The molecular formula is C15H14N2O2. The Morgan fingerprint density at radius 3 is 2.84 bits per heavy atom. The van der Waals surface area contributed by atoms with Gasteiger partial charge in [0.05, 0.1) is 12.3 Å². The van der Waals surface area contributed by atoms with E-state index in [1.54, 1.807) is 0 Å². The third-order valence-electron chi connectivity index (χ3n) is 2.84. The minimum Gasteiger partial charge on any atom is -0.494 e. The van der Waals surface area contributed by atoms with Gasteiger partial charge in [-0.2, -0.15) is 0 Å². The Hall–Kier alpha value is -2.49. The summed E-state index contributed by atoms with van der Waals surface area (Å²) in [6, 6.07) is 13.2. The van der Waals surface area contributed by atoms with Crippen LogP contribution in [0.5, 0.6) is 5.75 Å². The van der Waals surface area contributed by atoms with E-state index < -0.39 is 0 Å². The predicted molar refractivity (Wildman–Crippen MR) is 75.0 cm³/mol. The van der Waals surface area contributed by atoms with Crippen molar-refractivity contribution in [1.29, 1.82) is 0 Å². The van der Waals surface area contributed by atoms with Crippen molar-refractivity contribution >= 4 is 16.8 Å². The van der Waals surface area contributed by atoms with Gasteiger partial charge in [-0.05, 0) is 37.3 Å². The number of nitrogens with two attached hydrogens (primary N) is 1. The molecule has 3 aromatic rings. The van der Waals surface area contributed by atoms with Crippen molar-refractivity contribution in [3.8, 4) is 17.2 Å². The van der Waals surface area contributed by atoms with Crippen LogP contribution in [0.25, 0.3) is 22.6 Å². The molecule has 0 spiro atoms. The van der Waals surface area contributed by atoms with Crippen molar-refractivity contribution in [3.05, 3.63) is 42.5 Å². The zero-order chi connectivity index (χ0) is 13.2. The van der Waals surface area contributed by atoms with E-state index in [0.717, 1.165) is 11.3 Å². The Balaban J connectivity index is 2.08. The first-order chi connectivity index (χ1) is 9.28. The zero-order valence-electron chi connectivity index (χ0n) is 10.6. The van der Waals surface area contributed by atoms with Crippen LogP contribution < -0.4 is 10.5 Å². The quantitative estimate of drug-likeness (QED) is 0.727. The summed E-state index contributed by atoms with van der Waals surface area (Å²) < 4.78 is 11.2. The van der Waals surface area contributed by atoms with Gasteiger partial charge in [-0.1, -0.05) is 12.1 Å². The van der Waals surface area contributed by atoms with Crippen LogP contribution in [0.3, 0.4) is 0 Å². The van der Waals surface area contributed by atoms with E-state index >= 15 is 0 Å². The van der Waals surface area contributed by atoms with Crippen LogP contribution in [0.15, 0.2) is 46.9 Å². The van der Waals surface area contributed by atoms with Crippen molar-refractivity contribution in [1.82, 2.24) is 4.98 Å². The standard InChI is InChI=1S/C15H14N2O2/c1-2-18-11-6-3-5-10(9-11)15-17-14-12(16)7-4-8-13(14)19-15/h3-9H,2,16H2,1H3. The molecule has 4 heteroatoms. The zero-order valence-corrected chi connectivity index (χ0v) is 10.6. The molecule has 0 amide bonds. The van der Waals surface area contributed by atoms with Crippen LogP contribution in [-0.4, -0.2) is 11.6 Å². The average molecular weight is 254 g/mol. The van der Waals surface area contributed by atoms with Gasteiger partial charge in [-0.15, -0.1) is 0 Å². The van der Waals surface area contributed by atoms with Crippen LogP contribution in [-0.2, 0) is 0 Å². The summed E-state index contributed by atoms with van der Waals surface area (Å²) >= 11 is 0.